The Morgan fingerprint density at radius 2 is 1.94 bits per heavy atom. The lowest BCUT2D eigenvalue weighted by atomic mass is 9.84. The van der Waals surface area contributed by atoms with Gasteiger partial charge in [0.25, 0.3) is 0 Å². The van der Waals surface area contributed by atoms with E-state index >= 15 is 0 Å². The van der Waals surface area contributed by atoms with Crippen LogP contribution in [0.15, 0.2) is 24.3 Å². The first-order chi connectivity index (χ1) is 7.63. The van der Waals surface area contributed by atoms with Crippen molar-refractivity contribution in [2.45, 2.75) is 32.5 Å². The van der Waals surface area contributed by atoms with Crippen molar-refractivity contribution in [2.24, 2.45) is 5.92 Å². The maximum absolute atomic E-state index is 12.0. The van der Waals surface area contributed by atoms with E-state index in [0.29, 0.717) is 11.7 Å². The molecule has 2 nitrogen and oxygen atoms in total. The Labute approximate surface area is 93.2 Å². The normalized spacial score (nSPS) is 24.0. The van der Waals surface area contributed by atoms with Crippen LogP contribution in [0.5, 0.6) is 11.5 Å². The fraction of sp³-hybridized carbons (Fsp3) is 0.500. The molecule has 1 aliphatic carbocycles. The average Bonchev–Trinajstić information content (AvgIpc) is 2.15. The molecule has 0 saturated heterocycles. The number of ether oxygens (including phenoxy) is 2. The minimum atomic E-state index is -2.79. The Morgan fingerprint density at radius 3 is 2.56 bits per heavy atom. The lowest BCUT2D eigenvalue weighted by Crippen LogP contribution is -2.31. The summed E-state index contributed by atoms with van der Waals surface area (Å²) in [6.07, 6.45) is 2.27. The first-order valence-electron chi connectivity index (χ1n) is 5.35. The van der Waals surface area contributed by atoms with Crippen LogP contribution in [0.4, 0.5) is 8.78 Å². The lowest BCUT2D eigenvalue weighted by molar-refractivity contribution is -0.0500. The molecule has 0 heterocycles. The zero-order chi connectivity index (χ0) is 11.5. The predicted octanol–water partition coefficient (Wildman–Crippen LogP) is 3.47. The van der Waals surface area contributed by atoms with Crippen molar-refractivity contribution in [3.63, 3.8) is 0 Å². The molecule has 0 bridgehead atoms. The van der Waals surface area contributed by atoms with Gasteiger partial charge in [-0.3, -0.25) is 0 Å². The molecule has 1 aromatic rings. The van der Waals surface area contributed by atoms with Gasteiger partial charge in [0.15, 0.2) is 0 Å². The molecule has 1 aromatic carbocycles. The first kappa shape index (κ1) is 11.2. The molecule has 2 rings (SSSR count). The first-order valence-corrected chi connectivity index (χ1v) is 5.35. The van der Waals surface area contributed by atoms with Crippen LogP contribution in [0.1, 0.15) is 19.8 Å². The highest BCUT2D eigenvalue weighted by Gasteiger charge is 2.27. The van der Waals surface area contributed by atoms with Crippen LogP contribution in [-0.2, 0) is 0 Å². The number of rotatable bonds is 4. The lowest BCUT2D eigenvalue weighted by Gasteiger charge is -2.32. The smallest absolute Gasteiger partial charge is 0.387 e. The van der Waals surface area contributed by atoms with Crippen LogP contribution in [0.2, 0.25) is 0 Å². The molecule has 0 aliphatic heterocycles. The minimum absolute atomic E-state index is 0.139. The van der Waals surface area contributed by atoms with Crippen molar-refractivity contribution < 1.29 is 18.3 Å². The molecular weight excluding hydrogens is 214 g/mol. The fourth-order valence-corrected chi connectivity index (χ4v) is 1.84. The van der Waals surface area contributed by atoms with Gasteiger partial charge in [0.05, 0.1) is 6.10 Å². The van der Waals surface area contributed by atoms with E-state index in [9.17, 15) is 8.78 Å². The van der Waals surface area contributed by atoms with Gasteiger partial charge in [-0.15, -0.1) is 0 Å². The molecule has 1 fully saturated rings. The molecule has 1 aliphatic rings. The number of alkyl halides is 2. The summed E-state index contributed by atoms with van der Waals surface area (Å²) in [5.41, 5.74) is 0. The molecular formula is C12H14F2O2. The zero-order valence-electron chi connectivity index (χ0n) is 9.03. The molecule has 88 valence electrons. The Morgan fingerprint density at radius 1 is 1.25 bits per heavy atom. The van der Waals surface area contributed by atoms with Gasteiger partial charge in [-0.05, 0) is 30.9 Å². The number of hydrogen-bond acceptors (Lipinski definition) is 2. The van der Waals surface area contributed by atoms with Crippen molar-refractivity contribution in [3.05, 3.63) is 24.3 Å². The second-order valence-corrected chi connectivity index (χ2v) is 4.17. The van der Waals surface area contributed by atoms with Gasteiger partial charge >= 0.3 is 6.61 Å². The van der Waals surface area contributed by atoms with Gasteiger partial charge in [0, 0.05) is 6.07 Å². The van der Waals surface area contributed by atoms with E-state index in [4.69, 9.17) is 4.74 Å². The summed E-state index contributed by atoms with van der Waals surface area (Å²) in [5.74, 6) is 1.43. The van der Waals surface area contributed by atoms with E-state index in [1.165, 1.54) is 12.1 Å². The van der Waals surface area contributed by atoms with E-state index in [1.807, 2.05) is 0 Å². The van der Waals surface area contributed by atoms with Gasteiger partial charge in [-0.1, -0.05) is 13.0 Å². The molecule has 0 radical (unpaired) electrons. The molecule has 0 amide bonds. The van der Waals surface area contributed by atoms with Gasteiger partial charge < -0.3 is 9.47 Å². The molecule has 0 spiro atoms. The van der Waals surface area contributed by atoms with Crippen molar-refractivity contribution in [1.82, 2.24) is 0 Å². The Kier molecular flexibility index (Phi) is 3.27. The van der Waals surface area contributed by atoms with Crippen molar-refractivity contribution in [2.75, 3.05) is 0 Å². The van der Waals surface area contributed by atoms with Crippen LogP contribution in [-0.4, -0.2) is 12.7 Å². The second kappa shape index (κ2) is 4.68. The van der Waals surface area contributed by atoms with Gasteiger partial charge in [0.2, 0.25) is 0 Å². The molecule has 0 atom stereocenters. The van der Waals surface area contributed by atoms with Crippen LogP contribution < -0.4 is 9.47 Å². The van der Waals surface area contributed by atoms with E-state index in [0.717, 1.165) is 12.8 Å². The quantitative estimate of drug-likeness (QED) is 0.785. The van der Waals surface area contributed by atoms with Crippen molar-refractivity contribution >= 4 is 0 Å². The van der Waals surface area contributed by atoms with Crippen LogP contribution >= 0.6 is 0 Å². The number of benzene rings is 1. The Balaban J connectivity index is 1.93. The summed E-state index contributed by atoms with van der Waals surface area (Å²) in [5, 5.41) is 0. The summed E-state index contributed by atoms with van der Waals surface area (Å²) in [6, 6.07) is 6.38. The minimum Gasteiger partial charge on any atom is -0.490 e. The van der Waals surface area contributed by atoms with E-state index in [1.54, 1.807) is 12.1 Å². The maximum Gasteiger partial charge on any atom is 0.387 e. The predicted molar refractivity (Wildman–Crippen MR) is 55.9 cm³/mol. The number of hydrogen-bond donors (Lipinski definition) is 0. The summed E-state index contributed by atoms with van der Waals surface area (Å²) < 4.78 is 33.9. The third kappa shape index (κ3) is 2.84. The van der Waals surface area contributed by atoms with E-state index in [-0.39, 0.29) is 11.9 Å². The highest BCUT2D eigenvalue weighted by atomic mass is 19.3. The standard InChI is InChI=1S/C12H14F2O2/c1-8-5-11(6-8)15-9-3-2-4-10(7-9)16-12(13)14/h2-4,7-8,11-12H,5-6H2,1H3. The second-order valence-electron chi connectivity index (χ2n) is 4.17. The SMILES string of the molecule is CC1CC(Oc2cccc(OC(F)F)c2)C1. The Bertz CT molecular complexity index is 349. The molecule has 0 aromatic heterocycles. The molecule has 0 N–H and O–H groups in total. The largest absolute Gasteiger partial charge is 0.490 e. The summed E-state index contributed by atoms with van der Waals surface area (Å²) in [4.78, 5) is 0. The summed E-state index contributed by atoms with van der Waals surface area (Å²) in [7, 11) is 0. The average molecular weight is 228 g/mol. The molecule has 16 heavy (non-hydrogen) atoms. The third-order valence-electron chi connectivity index (χ3n) is 2.66. The number of halogens is 2. The summed E-state index contributed by atoms with van der Waals surface area (Å²) >= 11 is 0. The van der Waals surface area contributed by atoms with Gasteiger partial charge in [-0.2, -0.15) is 8.78 Å². The van der Waals surface area contributed by atoms with Gasteiger partial charge in [-0.25, -0.2) is 0 Å². The highest BCUT2D eigenvalue weighted by molar-refractivity contribution is 5.33. The highest BCUT2D eigenvalue weighted by Crippen LogP contribution is 2.31. The van der Waals surface area contributed by atoms with Crippen LogP contribution in [0, 0.1) is 5.92 Å². The molecule has 0 unspecified atom stereocenters. The topological polar surface area (TPSA) is 18.5 Å². The fourth-order valence-electron chi connectivity index (χ4n) is 1.84. The van der Waals surface area contributed by atoms with Crippen LogP contribution in [0.25, 0.3) is 0 Å². The van der Waals surface area contributed by atoms with Crippen molar-refractivity contribution in [3.8, 4) is 11.5 Å². The van der Waals surface area contributed by atoms with Gasteiger partial charge in [0.1, 0.15) is 11.5 Å². The monoisotopic (exact) mass is 228 g/mol. The maximum atomic E-state index is 12.0. The van der Waals surface area contributed by atoms with E-state index in [2.05, 4.69) is 11.7 Å². The zero-order valence-corrected chi connectivity index (χ0v) is 9.03. The molecule has 4 heteroatoms. The van der Waals surface area contributed by atoms with Crippen LogP contribution in [0.3, 0.4) is 0 Å². The van der Waals surface area contributed by atoms with E-state index < -0.39 is 6.61 Å². The summed E-state index contributed by atoms with van der Waals surface area (Å²) in [6.45, 7) is -0.630. The third-order valence-corrected chi connectivity index (χ3v) is 2.66. The molecule has 1 saturated carbocycles. The Hall–Kier alpha value is -1.32. The van der Waals surface area contributed by atoms with Crippen molar-refractivity contribution in [1.29, 1.82) is 0 Å².